The summed E-state index contributed by atoms with van der Waals surface area (Å²) >= 11 is 0. The van der Waals surface area contributed by atoms with E-state index in [9.17, 15) is 9.00 Å². The first-order valence-electron chi connectivity index (χ1n) is 6.58. The van der Waals surface area contributed by atoms with Crippen molar-refractivity contribution >= 4 is 16.8 Å². The van der Waals surface area contributed by atoms with Gasteiger partial charge in [0.2, 0.25) is 0 Å². The van der Waals surface area contributed by atoms with Crippen LogP contribution in [-0.4, -0.2) is 46.1 Å². The highest BCUT2D eigenvalue weighted by Gasteiger charge is 2.20. The Balaban J connectivity index is 1.83. The van der Waals surface area contributed by atoms with Crippen molar-refractivity contribution in [1.82, 2.24) is 0 Å². The Bertz CT molecular complexity index is 482. The lowest BCUT2D eigenvalue weighted by Gasteiger charge is -2.21. The number of hydrogen-bond donors (Lipinski definition) is 1. The van der Waals surface area contributed by atoms with E-state index >= 15 is 0 Å². The van der Waals surface area contributed by atoms with Crippen LogP contribution in [0.2, 0.25) is 0 Å². The van der Waals surface area contributed by atoms with Crippen LogP contribution >= 0.6 is 0 Å². The fraction of sp³-hybridized carbons (Fsp3) is 0.500. The Labute approximate surface area is 120 Å². The highest BCUT2D eigenvalue weighted by molar-refractivity contribution is 7.85. The van der Waals surface area contributed by atoms with Crippen LogP contribution in [0.1, 0.15) is 23.2 Å². The van der Waals surface area contributed by atoms with Crippen LogP contribution in [0.5, 0.6) is 5.75 Å². The van der Waals surface area contributed by atoms with E-state index in [0.717, 1.165) is 12.8 Å². The third kappa shape index (κ3) is 4.05. The molecule has 0 radical (unpaired) electrons. The Morgan fingerprint density at radius 1 is 1.35 bits per heavy atom. The fourth-order valence-electron chi connectivity index (χ4n) is 2.11. The number of carboxylic acid groups (broad SMARTS) is 1. The highest BCUT2D eigenvalue weighted by atomic mass is 32.2. The third-order valence-electron chi connectivity index (χ3n) is 3.20. The minimum absolute atomic E-state index is 0.129. The first kappa shape index (κ1) is 15.0. The molecule has 1 heterocycles. The van der Waals surface area contributed by atoms with Crippen molar-refractivity contribution in [1.29, 1.82) is 0 Å². The third-order valence-corrected chi connectivity index (χ3v) is 4.98. The van der Waals surface area contributed by atoms with Gasteiger partial charge in [-0.3, -0.25) is 4.21 Å². The lowest BCUT2D eigenvalue weighted by atomic mass is 10.2. The van der Waals surface area contributed by atoms with Gasteiger partial charge in [-0.1, -0.05) is 12.1 Å². The van der Waals surface area contributed by atoms with E-state index in [1.165, 1.54) is 6.07 Å². The van der Waals surface area contributed by atoms with E-state index in [1.807, 2.05) is 0 Å². The van der Waals surface area contributed by atoms with E-state index in [4.69, 9.17) is 14.6 Å². The molecular weight excluding hydrogens is 280 g/mol. The molecular formula is C14H18O5S. The fourth-order valence-corrected chi connectivity index (χ4v) is 3.41. The number of rotatable bonds is 6. The summed E-state index contributed by atoms with van der Waals surface area (Å²) in [5, 5.41) is 9.19. The first-order chi connectivity index (χ1) is 9.68. The van der Waals surface area contributed by atoms with Gasteiger partial charge in [-0.05, 0) is 25.0 Å². The summed E-state index contributed by atoms with van der Waals surface area (Å²) in [6.07, 6.45) is 1.64. The minimum atomic E-state index is -1.02. The second-order valence-electron chi connectivity index (χ2n) is 4.55. The quantitative estimate of drug-likeness (QED) is 0.865. The number of ether oxygens (including phenoxy) is 2. The summed E-state index contributed by atoms with van der Waals surface area (Å²) < 4.78 is 22.8. The topological polar surface area (TPSA) is 72.8 Å². The van der Waals surface area contributed by atoms with Gasteiger partial charge in [0.05, 0.1) is 12.4 Å². The molecule has 2 rings (SSSR count). The van der Waals surface area contributed by atoms with Crippen LogP contribution in [0.4, 0.5) is 0 Å². The zero-order valence-corrected chi connectivity index (χ0v) is 11.9. The highest BCUT2D eigenvalue weighted by Crippen LogP contribution is 2.18. The van der Waals surface area contributed by atoms with Gasteiger partial charge >= 0.3 is 5.97 Å². The molecule has 5 nitrogen and oxygen atoms in total. The molecule has 1 fully saturated rings. The molecule has 1 aliphatic heterocycles. The lowest BCUT2D eigenvalue weighted by molar-refractivity contribution is 0.0692. The van der Waals surface area contributed by atoms with E-state index in [-0.39, 0.29) is 17.4 Å². The molecule has 0 aliphatic carbocycles. The van der Waals surface area contributed by atoms with Crippen molar-refractivity contribution in [2.75, 3.05) is 25.6 Å². The normalized spacial score (nSPS) is 17.6. The van der Waals surface area contributed by atoms with E-state index < -0.39 is 16.8 Å². The molecule has 1 aromatic carbocycles. The molecule has 1 saturated heterocycles. The molecule has 6 heteroatoms. The van der Waals surface area contributed by atoms with Gasteiger partial charge in [-0.25, -0.2) is 4.79 Å². The van der Waals surface area contributed by atoms with Crippen LogP contribution in [0.25, 0.3) is 0 Å². The monoisotopic (exact) mass is 298 g/mol. The summed E-state index contributed by atoms with van der Waals surface area (Å²) in [6, 6.07) is 6.47. The van der Waals surface area contributed by atoms with Crippen molar-refractivity contribution < 1.29 is 23.6 Å². The average Bonchev–Trinajstić information content (AvgIpc) is 2.48. The maximum atomic E-state index is 12.1. The zero-order chi connectivity index (χ0) is 14.4. The van der Waals surface area contributed by atoms with Crippen molar-refractivity contribution in [3.63, 3.8) is 0 Å². The Morgan fingerprint density at radius 2 is 2.05 bits per heavy atom. The SMILES string of the molecule is O=C(O)c1ccccc1OCCS(=O)C1CCOCC1. The maximum absolute atomic E-state index is 12.1. The smallest absolute Gasteiger partial charge is 0.339 e. The van der Waals surface area contributed by atoms with Crippen LogP contribution in [0, 0.1) is 0 Å². The minimum Gasteiger partial charge on any atom is -0.492 e. The zero-order valence-electron chi connectivity index (χ0n) is 11.1. The summed E-state index contributed by atoms with van der Waals surface area (Å²) in [6.45, 7) is 1.59. The largest absolute Gasteiger partial charge is 0.492 e. The van der Waals surface area contributed by atoms with Gasteiger partial charge < -0.3 is 14.6 Å². The summed E-state index contributed by atoms with van der Waals surface area (Å²) in [5.74, 6) is -0.284. The maximum Gasteiger partial charge on any atom is 0.339 e. The molecule has 0 amide bonds. The van der Waals surface area contributed by atoms with Gasteiger partial charge in [0.15, 0.2) is 0 Å². The molecule has 0 saturated carbocycles. The van der Waals surface area contributed by atoms with Crippen LogP contribution < -0.4 is 4.74 Å². The molecule has 1 aliphatic rings. The summed E-state index contributed by atoms with van der Waals surface area (Å²) in [7, 11) is -0.950. The molecule has 1 unspecified atom stereocenters. The number of carbonyl (C=O) groups is 1. The second-order valence-corrected chi connectivity index (χ2v) is 6.38. The number of hydrogen-bond acceptors (Lipinski definition) is 4. The van der Waals surface area contributed by atoms with E-state index in [1.54, 1.807) is 18.2 Å². The van der Waals surface area contributed by atoms with E-state index in [2.05, 4.69) is 0 Å². The standard InChI is InChI=1S/C14H18O5S/c15-14(16)12-3-1-2-4-13(12)19-9-10-20(17)11-5-7-18-8-6-11/h1-4,11H,5-10H2,(H,15,16). The Morgan fingerprint density at radius 3 is 2.75 bits per heavy atom. The molecule has 1 N–H and O–H groups in total. The van der Waals surface area contributed by atoms with Gasteiger partial charge in [0, 0.05) is 29.3 Å². The van der Waals surface area contributed by atoms with Crippen LogP contribution in [0.3, 0.4) is 0 Å². The first-order valence-corrected chi connectivity index (χ1v) is 7.96. The predicted octanol–water partition coefficient (Wildman–Crippen LogP) is 1.69. The molecule has 20 heavy (non-hydrogen) atoms. The second kappa shape index (κ2) is 7.40. The van der Waals surface area contributed by atoms with E-state index in [0.29, 0.717) is 24.7 Å². The molecule has 1 atom stereocenters. The summed E-state index contributed by atoms with van der Waals surface area (Å²) in [5.41, 5.74) is 0.129. The van der Waals surface area contributed by atoms with Crippen molar-refractivity contribution in [2.24, 2.45) is 0 Å². The van der Waals surface area contributed by atoms with Gasteiger partial charge in [-0.2, -0.15) is 0 Å². The van der Waals surface area contributed by atoms with Crippen molar-refractivity contribution in [3.05, 3.63) is 29.8 Å². The van der Waals surface area contributed by atoms with Gasteiger partial charge in [0.25, 0.3) is 0 Å². The summed E-state index contributed by atoms with van der Waals surface area (Å²) in [4.78, 5) is 11.0. The Hall–Kier alpha value is -1.40. The van der Waals surface area contributed by atoms with Gasteiger partial charge in [-0.15, -0.1) is 0 Å². The number of aromatic carboxylic acids is 1. The van der Waals surface area contributed by atoms with Crippen LogP contribution in [0.15, 0.2) is 24.3 Å². The number of carboxylic acids is 1. The molecule has 110 valence electrons. The molecule has 0 aromatic heterocycles. The molecule has 0 spiro atoms. The predicted molar refractivity (Wildman–Crippen MR) is 75.7 cm³/mol. The van der Waals surface area contributed by atoms with Crippen molar-refractivity contribution in [2.45, 2.75) is 18.1 Å². The van der Waals surface area contributed by atoms with Gasteiger partial charge in [0.1, 0.15) is 11.3 Å². The van der Waals surface area contributed by atoms with Crippen molar-refractivity contribution in [3.8, 4) is 5.75 Å². The Kier molecular flexibility index (Phi) is 5.55. The number of para-hydroxylation sites is 1. The van der Waals surface area contributed by atoms with Crippen LogP contribution in [-0.2, 0) is 15.5 Å². The molecule has 0 bridgehead atoms. The molecule has 1 aromatic rings. The lowest BCUT2D eigenvalue weighted by Crippen LogP contribution is -2.28. The average molecular weight is 298 g/mol. The number of benzene rings is 1.